The molecule has 6 aromatic carbocycles. The first kappa shape index (κ1) is 36.4. The molecular formula is C37H29N9O7S. The molecule has 0 radical (unpaired) electrons. The SMILES string of the molecule is Cc1cc(N=Nc2ccc(C(=O)Nc3ccc4cc(S(=O)(=O)O)ccc4c3)cc2)c(N)c(N=Nc2ccc(N=Nc3ccc(O)c(C(=O)O)c3)cc2)c1N. The second-order valence-electron chi connectivity index (χ2n) is 11.7. The molecule has 0 spiro atoms. The third kappa shape index (κ3) is 8.39. The van der Waals surface area contributed by atoms with E-state index in [1.54, 1.807) is 79.7 Å². The molecule has 16 nitrogen and oxygen atoms in total. The molecule has 6 rings (SSSR count). The van der Waals surface area contributed by atoms with E-state index in [2.05, 4.69) is 36.0 Å². The summed E-state index contributed by atoms with van der Waals surface area (Å²) < 4.78 is 32.1. The minimum absolute atomic E-state index is 0.145. The molecule has 54 heavy (non-hydrogen) atoms. The first-order valence-corrected chi connectivity index (χ1v) is 17.2. The fourth-order valence-corrected chi connectivity index (χ4v) is 5.54. The van der Waals surface area contributed by atoms with Gasteiger partial charge in [-0.05, 0) is 120 Å². The highest BCUT2D eigenvalue weighted by molar-refractivity contribution is 7.85. The highest BCUT2D eigenvalue weighted by Crippen LogP contribution is 2.41. The van der Waals surface area contributed by atoms with E-state index in [0.717, 1.165) is 0 Å². The van der Waals surface area contributed by atoms with Gasteiger partial charge in [-0.25, -0.2) is 4.79 Å². The van der Waals surface area contributed by atoms with Crippen LogP contribution in [-0.2, 0) is 10.1 Å². The summed E-state index contributed by atoms with van der Waals surface area (Å²) in [6, 6.07) is 27.5. The highest BCUT2D eigenvalue weighted by Gasteiger charge is 2.14. The molecule has 6 aromatic rings. The van der Waals surface area contributed by atoms with Crippen molar-refractivity contribution in [2.75, 3.05) is 16.8 Å². The molecule has 1 amide bonds. The molecule has 0 aliphatic heterocycles. The number of nitrogens with two attached hydrogens (primary N) is 2. The molecule has 0 aliphatic carbocycles. The van der Waals surface area contributed by atoms with Crippen LogP contribution < -0.4 is 16.8 Å². The van der Waals surface area contributed by atoms with E-state index in [1.165, 1.54) is 36.4 Å². The van der Waals surface area contributed by atoms with Gasteiger partial charge >= 0.3 is 5.97 Å². The topological polar surface area (TPSA) is 267 Å². The van der Waals surface area contributed by atoms with Gasteiger partial charge in [0.05, 0.1) is 39.0 Å². The van der Waals surface area contributed by atoms with Crippen LogP contribution in [0.1, 0.15) is 26.3 Å². The Bertz CT molecular complexity index is 2650. The summed E-state index contributed by atoms with van der Waals surface area (Å²) in [6.45, 7) is 1.76. The lowest BCUT2D eigenvalue weighted by Gasteiger charge is -2.09. The number of fused-ring (bicyclic) bond motifs is 1. The number of rotatable bonds is 10. The van der Waals surface area contributed by atoms with Gasteiger partial charge in [-0.1, -0.05) is 12.1 Å². The van der Waals surface area contributed by atoms with Crippen molar-refractivity contribution in [1.82, 2.24) is 0 Å². The number of benzene rings is 6. The quantitative estimate of drug-likeness (QED) is 0.0442. The zero-order valence-electron chi connectivity index (χ0n) is 28.1. The number of carbonyl (C=O) groups excluding carboxylic acids is 1. The summed E-state index contributed by atoms with van der Waals surface area (Å²) in [5.41, 5.74) is 16.4. The predicted octanol–water partition coefficient (Wildman–Crippen LogP) is 9.46. The van der Waals surface area contributed by atoms with E-state index in [9.17, 15) is 32.8 Å². The standard InChI is InChI=1S/C37H29N9O7S/c1-20-16-31(34(39)35(33(20)38)46-43-26-11-9-25(10-12-26)41-44-28-13-15-32(47)30(19-28)37(49)50)45-42-24-6-2-21(3-7-24)36(48)40-27-8-4-23-18-29(54(51,52)53)14-5-22(23)17-27/h2-19,47H,38-39H2,1H3,(H,40,48)(H,49,50)(H,51,52,53). The Morgan fingerprint density at radius 1 is 0.648 bits per heavy atom. The number of azo groups is 3. The van der Waals surface area contributed by atoms with Crippen molar-refractivity contribution in [3.05, 3.63) is 126 Å². The Labute approximate surface area is 307 Å². The maximum absolute atomic E-state index is 12.9. The summed E-state index contributed by atoms with van der Waals surface area (Å²) in [6.07, 6.45) is 0. The Kier molecular flexibility index (Phi) is 10.2. The molecule has 270 valence electrons. The van der Waals surface area contributed by atoms with Crippen LogP contribution in [0.15, 0.2) is 145 Å². The molecule has 0 aromatic heterocycles. The number of nitrogens with one attached hydrogen (secondary N) is 1. The summed E-state index contributed by atoms with van der Waals surface area (Å²) in [5.74, 6) is -2.05. The largest absolute Gasteiger partial charge is 0.507 e. The first-order valence-electron chi connectivity index (χ1n) is 15.8. The molecule has 0 saturated carbocycles. The number of anilines is 3. The Morgan fingerprint density at radius 3 is 1.85 bits per heavy atom. The van der Waals surface area contributed by atoms with Gasteiger partial charge in [-0.2, -0.15) is 28.9 Å². The zero-order chi connectivity index (χ0) is 38.6. The van der Waals surface area contributed by atoms with Crippen molar-refractivity contribution in [1.29, 1.82) is 0 Å². The van der Waals surface area contributed by atoms with Gasteiger partial charge in [0.25, 0.3) is 16.0 Å². The van der Waals surface area contributed by atoms with Gasteiger partial charge in [-0.15, -0.1) is 10.2 Å². The second kappa shape index (κ2) is 15.1. The van der Waals surface area contributed by atoms with E-state index in [4.69, 9.17) is 11.5 Å². The monoisotopic (exact) mass is 743 g/mol. The molecule has 0 heterocycles. The van der Waals surface area contributed by atoms with E-state index in [0.29, 0.717) is 56.0 Å². The molecule has 0 aliphatic rings. The summed E-state index contributed by atoms with van der Waals surface area (Å²) in [4.78, 5) is 23.9. The van der Waals surface area contributed by atoms with Crippen molar-refractivity contribution in [2.24, 2.45) is 30.7 Å². The van der Waals surface area contributed by atoms with Gasteiger partial charge < -0.3 is 27.0 Å². The number of phenols is 1. The lowest BCUT2D eigenvalue weighted by molar-refractivity contribution is 0.0693. The summed E-state index contributed by atoms with van der Waals surface area (Å²) in [7, 11) is -4.34. The number of carboxylic acid groups (broad SMARTS) is 1. The number of hydrogen-bond donors (Lipinski definition) is 6. The number of nitrogen functional groups attached to an aromatic ring is 2. The van der Waals surface area contributed by atoms with Gasteiger partial charge in [0, 0.05) is 11.3 Å². The number of carbonyl (C=O) groups is 2. The third-order valence-corrected chi connectivity index (χ3v) is 8.79. The van der Waals surface area contributed by atoms with Crippen LogP contribution in [0.25, 0.3) is 10.8 Å². The minimum atomic E-state index is -4.34. The lowest BCUT2D eigenvalue weighted by atomic mass is 10.1. The van der Waals surface area contributed by atoms with Crippen LogP contribution in [-0.4, -0.2) is 35.1 Å². The lowest BCUT2D eigenvalue weighted by Crippen LogP contribution is -2.11. The Balaban J connectivity index is 1.11. The van der Waals surface area contributed by atoms with E-state index >= 15 is 0 Å². The highest BCUT2D eigenvalue weighted by atomic mass is 32.2. The van der Waals surface area contributed by atoms with Crippen molar-refractivity contribution in [3.63, 3.8) is 0 Å². The van der Waals surface area contributed by atoms with Gasteiger partial charge in [0.2, 0.25) is 0 Å². The molecule has 0 unspecified atom stereocenters. The molecule has 17 heteroatoms. The number of aromatic hydroxyl groups is 1. The smallest absolute Gasteiger partial charge is 0.339 e. The number of hydrogen-bond acceptors (Lipinski definition) is 13. The molecule has 0 bridgehead atoms. The number of carboxylic acids is 1. The third-order valence-electron chi connectivity index (χ3n) is 7.94. The maximum atomic E-state index is 12.9. The Hall–Kier alpha value is -7.37. The van der Waals surface area contributed by atoms with Crippen LogP contribution in [0.3, 0.4) is 0 Å². The predicted molar refractivity (Wildman–Crippen MR) is 202 cm³/mol. The van der Waals surface area contributed by atoms with Crippen molar-refractivity contribution in [3.8, 4) is 5.75 Å². The first-order chi connectivity index (χ1) is 25.7. The maximum Gasteiger partial charge on any atom is 0.339 e. The van der Waals surface area contributed by atoms with E-state index in [1.807, 2.05) is 0 Å². The van der Waals surface area contributed by atoms with E-state index < -0.39 is 16.1 Å². The average Bonchev–Trinajstić information content (AvgIpc) is 3.15. The summed E-state index contributed by atoms with van der Waals surface area (Å²) >= 11 is 0. The fraction of sp³-hybridized carbons (Fsp3) is 0.0270. The van der Waals surface area contributed by atoms with Crippen LogP contribution in [0, 0.1) is 6.92 Å². The zero-order valence-corrected chi connectivity index (χ0v) is 28.9. The minimum Gasteiger partial charge on any atom is -0.507 e. The molecular weight excluding hydrogens is 715 g/mol. The normalized spacial score (nSPS) is 11.9. The van der Waals surface area contributed by atoms with E-state index in [-0.39, 0.29) is 39.2 Å². The molecule has 0 saturated heterocycles. The number of aromatic carboxylic acids is 1. The number of nitrogens with zero attached hydrogens (tertiary/aromatic N) is 6. The Morgan fingerprint density at radius 2 is 1.20 bits per heavy atom. The van der Waals surface area contributed by atoms with Gasteiger partial charge in [-0.3, -0.25) is 9.35 Å². The second-order valence-corrected chi connectivity index (χ2v) is 13.1. The van der Waals surface area contributed by atoms with Crippen LogP contribution in [0.2, 0.25) is 0 Å². The van der Waals surface area contributed by atoms with Gasteiger partial charge in [0.1, 0.15) is 22.7 Å². The van der Waals surface area contributed by atoms with Crippen LogP contribution in [0.4, 0.5) is 51.2 Å². The number of amides is 1. The summed E-state index contributed by atoms with van der Waals surface area (Å²) in [5, 5.41) is 48.0. The fourth-order valence-electron chi connectivity index (χ4n) is 5.03. The van der Waals surface area contributed by atoms with Crippen LogP contribution >= 0.6 is 0 Å². The van der Waals surface area contributed by atoms with Crippen molar-refractivity contribution in [2.45, 2.75) is 11.8 Å². The van der Waals surface area contributed by atoms with Crippen LogP contribution in [0.5, 0.6) is 5.75 Å². The number of aryl methyl sites for hydroxylation is 1. The molecule has 8 N–H and O–H groups in total. The van der Waals surface area contributed by atoms with Crippen molar-refractivity contribution >= 4 is 84.0 Å². The van der Waals surface area contributed by atoms with Crippen molar-refractivity contribution < 1.29 is 32.8 Å². The molecule has 0 fully saturated rings. The van der Waals surface area contributed by atoms with Gasteiger partial charge in [0.15, 0.2) is 0 Å². The average molecular weight is 744 g/mol. The molecule has 0 atom stereocenters.